The van der Waals surface area contributed by atoms with Crippen molar-refractivity contribution in [3.8, 4) is 100 Å². The maximum atomic E-state index is 10.9. The fraction of sp³-hybridized carbons (Fsp3) is 0.105. The molecule has 3 aromatic heterocycles. The molecule has 23 rings (SSSR count). The third-order valence-electron chi connectivity index (χ3n) is 24.9. The molecule has 0 saturated heterocycles. The summed E-state index contributed by atoms with van der Waals surface area (Å²) < 4.78 is 151. The van der Waals surface area contributed by atoms with Gasteiger partial charge in [-0.05, 0) is 81.6 Å². The summed E-state index contributed by atoms with van der Waals surface area (Å²) in [5.41, 5.74) is 24.4. The van der Waals surface area contributed by atoms with Gasteiger partial charge in [-0.25, -0.2) is 0 Å². The second-order valence-corrected chi connectivity index (χ2v) is 37.6. The second-order valence-electron chi connectivity index (χ2n) is 35.3. The number of para-hydroxylation sites is 3. The molecule has 0 saturated carbocycles. The van der Waals surface area contributed by atoms with Gasteiger partial charge in [0.1, 0.15) is 0 Å². The summed E-state index contributed by atoms with van der Waals surface area (Å²) in [6, 6.07) is 90.2. The molecular weight excluding hydrogens is 1520 g/mol. The number of nitrogens with zero attached hydrogens (tertiary/aromatic N) is 4. The van der Waals surface area contributed by atoms with Gasteiger partial charge in [0.25, 0.3) is 6.71 Å². The first-order chi connectivity index (χ1) is 64.6. The van der Waals surface area contributed by atoms with Crippen molar-refractivity contribution in [2.45, 2.75) is 78.6 Å². The van der Waals surface area contributed by atoms with E-state index >= 15 is 0 Å². The number of benzene rings is 17. The van der Waals surface area contributed by atoms with E-state index in [0.29, 0.717) is 5.69 Å². The van der Waals surface area contributed by atoms with Gasteiger partial charge in [0.2, 0.25) is 0 Å². The molecule has 0 unspecified atom stereocenters. The number of hydrogen-bond donors (Lipinski definition) is 0. The normalized spacial score (nSPS) is 14.7. The third-order valence-corrected chi connectivity index (χ3v) is 27.4. The molecule has 6 heterocycles. The molecule has 3 aliphatic rings. The Bertz CT molecular complexity index is 8560. The second kappa shape index (κ2) is 27.0. The van der Waals surface area contributed by atoms with Gasteiger partial charge >= 0.3 is 382 Å². The van der Waals surface area contributed by atoms with Crippen molar-refractivity contribution in [3.63, 3.8) is 0 Å². The topological polar surface area (TPSA) is 16.3 Å². The maximum absolute atomic E-state index is 10.9. The van der Waals surface area contributed by atoms with Crippen LogP contribution in [0.3, 0.4) is 0 Å². The van der Waals surface area contributed by atoms with Crippen LogP contribution in [0.15, 0.2) is 364 Å². The van der Waals surface area contributed by atoms with Crippen LogP contribution < -0.4 is 26.2 Å². The Hall–Kier alpha value is -13.5. The van der Waals surface area contributed by atoms with Crippen LogP contribution in [0.25, 0.3) is 163 Å². The van der Waals surface area contributed by atoms with E-state index in [1.165, 1.54) is 19.3 Å². The minimum atomic E-state index is -0.730. The monoisotopic (exact) mass is 1620 g/mol. The molecule has 0 N–H and O–H groups in total. The van der Waals surface area contributed by atoms with Crippen LogP contribution in [0.5, 0.6) is 0 Å². The van der Waals surface area contributed by atoms with Crippen LogP contribution in [-0.4, -0.2) is 30.4 Å². The Kier molecular flexibility index (Phi) is 13.0. The van der Waals surface area contributed by atoms with E-state index in [9.17, 15) is 15.1 Å². The predicted octanol–water partition coefficient (Wildman–Crippen LogP) is 28.9. The van der Waals surface area contributed by atoms with Crippen molar-refractivity contribution < 1.29 is 20.6 Å². The summed E-state index contributed by atoms with van der Waals surface area (Å²) in [4.78, 5) is 5.03. The Morgan fingerprint density at radius 3 is 1.11 bits per heavy atom. The van der Waals surface area contributed by atoms with E-state index in [1.807, 2.05) is 24.3 Å². The number of rotatable bonds is 6. The van der Waals surface area contributed by atoms with Crippen molar-refractivity contribution in [2.24, 2.45) is 0 Å². The zero-order valence-electron chi connectivity index (χ0n) is 82.8. The Morgan fingerprint density at radius 1 is 0.267 bits per heavy atom. The van der Waals surface area contributed by atoms with Gasteiger partial charge in [-0.3, -0.25) is 0 Å². The predicted molar refractivity (Wildman–Crippen MR) is 514 cm³/mol. The number of anilines is 6. The van der Waals surface area contributed by atoms with E-state index in [2.05, 4.69) is 321 Å². The van der Waals surface area contributed by atoms with Crippen molar-refractivity contribution in [2.75, 3.05) is 9.80 Å². The zero-order valence-corrected chi connectivity index (χ0v) is 69.5. The van der Waals surface area contributed by atoms with E-state index in [-0.39, 0.29) is 69.2 Å². The first kappa shape index (κ1) is 57.6. The van der Waals surface area contributed by atoms with E-state index < -0.39 is 114 Å². The quantitative estimate of drug-likeness (QED) is 0.154. The molecule has 120 heavy (non-hydrogen) atoms. The molecule has 17 aromatic carbocycles. The van der Waals surface area contributed by atoms with Crippen LogP contribution >= 0.6 is 0 Å². The molecule has 0 atom stereocenters. The fourth-order valence-electron chi connectivity index (χ4n) is 18.8. The fourth-order valence-corrected chi connectivity index (χ4v) is 21.1. The van der Waals surface area contributed by atoms with Gasteiger partial charge in [0, 0.05) is 32.9 Å². The van der Waals surface area contributed by atoms with Crippen LogP contribution in [0.2, 0.25) is 0 Å². The van der Waals surface area contributed by atoms with Gasteiger partial charge in [0.15, 0.2) is 0 Å². The third kappa shape index (κ3) is 11.5. The molecule has 4 nitrogen and oxygen atoms in total. The summed E-state index contributed by atoms with van der Waals surface area (Å²) >= 11 is 0.0304. The molecule has 13 bridgehead atoms. The molecule has 0 radical (unpaired) electrons. The number of fused-ring (bicyclic) bond motifs is 26. The van der Waals surface area contributed by atoms with Gasteiger partial charge in [-0.2, -0.15) is 0 Å². The minimum absolute atomic E-state index is 0.0304. The van der Waals surface area contributed by atoms with Crippen molar-refractivity contribution in [3.05, 3.63) is 380 Å². The van der Waals surface area contributed by atoms with Crippen LogP contribution in [0.4, 0.5) is 34.1 Å². The van der Waals surface area contributed by atoms with Crippen LogP contribution in [0, 0.1) is 0 Å². The van der Waals surface area contributed by atoms with Crippen LogP contribution in [-0.2, 0) is 16.2 Å². The number of hydrogen-bond acceptors (Lipinski definition) is 2. The molecule has 0 spiro atoms. The Morgan fingerprint density at radius 2 is 0.625 bits per heavy atom. The van der Waals surface area contributed by atoms with Crippen molar-refractivity contribution in [1.29, 1.82) is 0 Å². The SMILES string of the molecule is [2H]c1c([2H])c([2H])c2c(c1[2H])c1c([2H])c(-n3c4c([2H])c([2H])c([2H])c([2H])c4c4c([2H])c([2H])c([2H])c([2H])c43)c([2H])c([2H])c1n2-c1ccc2c(c1)N1c3cc(C(C)(C)C)cc4c3B2c2ccc(-c3cccc(-c5ccccc5)c3)cc2N4c2c(-c3ccccc3)cc(C(C)(C)C)cc2-c2cccc(c2)-c2ccc3[se]c4ccc(cc4c3c2)-c2cccc(c2)-c2cc(C(C)(C)C)cc(-c3ccccc3)c21. The summed E-state index contributed by atoms with van der Waals surface area (Å²) in [6.45, 7) is 19.8. The van der Waals surface area contributed by atoms with E-state index in [1.54, 1.807) is 4.57 Å². The van der Waals surface area contributed by atoms with Gasteiger partial charge in [-0.15, -0.1) is 0 Å². The Balaban J connectivity index is 0.914. The zero-order chi connectivity index (χ0) is 93.8. The van der Waals surface area contributed by atoms with E-state index in [0.717, 1.165) is 155 Å². The molecule has 0 amide bonds. The molecule has 6 heteroatoms. The Labute approximate surface area is 729 Å². The molecular formula is C114H87BN4Se. The molecule has 0 aliphatic carbocycles. The first-order valence-electron chi connectivity index (χ1n) is 48.6. The van der Waals surface area contributed by atoms with Crippen molar-refractivity contribution >= 4 is 135 Å². The van der Waals surface area contributed by atoms with Crippen molar-refractivity contribution in [1.82, 2.24) is 9.13 Å². The van der Waals surface area contributed by atoms with Gasteiger partial charge in [0.05, 0.1) is 42.6 Å². The summed E-state index contributed by atoms with van der Waals surface area (Å²) in [5, 5.41) is 1.38. The molecule has 3 aliphatic heterocycles. The molecule has 0 fully saturated rings. The summed E-state index contributed by atoms with van der Waals surface area (Å²) in [7, 11) is 0. The van der Waals surface area contributed by atoms with Crippen LogP contribution in [0.1, 0.15) is 99.6 Å². The van der Waals surface area contributed by atoms with Gasteiger partial charge in [-0.1, -0.05) is 178 Å². The number of aromatic nitrogens is 2. The van der Waals surface area contributed by atoms with E-state index in [4.69, 9.17) is 5.48 Å². The average molecular weight is 1620 g/mol. The molecule has 572 valence electrons. The summed E-state index contributed by atoms with van der Waals surface area (Å²) in [5.74, 6) is 0. The summed E-state index contributed by atoms with van der Waals surface area (Å²) in [6.07, 6.45) is 0. The first-order valence-corrected chi connectivity index (χ1v) is 42.8. The standard InChI is InChI=1S/C114H87BN4Se/c1-112(2,3)82-62-90(71-30-15-11-16-31-71)110-92(64-82)80-38-26-36-75(57-80)77-47-54-107-95(59-77)96-60-78(48-55-108(96)120-107)76-37-27-39-81(58-76)93-65-83(113(4,5)6)63-91(72-32-17-12-18-33-72)111(93)119-104-69-86(117-101-45-24-21-42-89(101)94-68-85(50-53-102(94)117)116-99-43-22-19-40-87(99)88-41-20-23-44-100(88)116)49-52-98(104)115-97-51-46-79(74-35-25-34-73(56-74)70-28-13-10-14-29-70)61-103(97)118(110)105-66-84(114(7,8)9)67-106(119)109(105)115/h10-69H,1-9H3/i19D,20D,21D,22D,23D,24D,40D,41D,42D,43D,44D,45D,50D,53D,68D. The molecule has 20 aromatic rings. The average Bonchev–Trinajstić information content (AvgIpc) is 0.733. The van der Waals surface area contributed by atoms with Gasteiger partial charge < -0.3 is 9.13 Å².